The molecule has 6 rings (SSSR count). The van der Waals surface area contributed by atoms with Crippen LogP contribution in [0.15, 0.2) is 124 Å². The third-order valence-corrected chi connectivity index (χ3v) is 7.95. The van der Waals surface area contributed by atoms with E-state index in [4.69, 9.17) is 4.74 Å². The van der Waals surface area contributed by atoms with Crippen LogP contribution in [0.2, 0.25) is 0 Å². The number of rotatable bonds is 13. The molecule has 1 aliphatic rings. The zero-order chi connectivity index (χ0) is 38.2. The van der Waals surface area contributed by atoms with E-state index in [-0.39, 0.29) is 152 Å². The molecular weight excluding hydrogens is 790 g/mol. The standard InChI is InChI=1S/C38H31N7O9.4Na/c46-35(47)22-13-23(36(48)49)16-32(15-22)43-41-28-5-1-26(2-6-28)39-30-19-31(21-34(20-30)45-9-11-54-12-10-45)40-27-3-7-29(8-4-27)42-44-33-17-24(37(50)51)14-25(18-33)38(52)53;;;;/h1-8,13-21,39-40H,9-12H2,(H,46,47)(H,48,49)(H,50,51)(H,52,53);;;;/q;4*+1/p-4. The van der Waals surface area contributed by atoms with Crippen molar-refractivity contribution in [3.8, 4) is 0 Å². The second kappa shape index (κ2) is 24.0. The zero-order valence-corrected chi connectivity index (χ0v) is 40.1. The summed E-state index contributed by atoms with van der Waals surface area (Å²) in [5.41, 5.74) is 3.34. The maximum atomic E-state index is 11.3. The van der Waals surface area contributed by atoms with E-state index in [1.807, 2.05) is 18.2 Å². The molecular formula is C38H27N7Na4O9. The van der Waals surface area contributed by atoms with Crippen LogP contribution in [0.1, 0.15) is 41.4 Å². The van der Waals surface area contributed by atoms with Crippen molar-refractivity contribution in [3.63, 3.8) is 0 Å². The Balaban J connectivity index is 0.00000290. The molecule has 0 saturated carbocycles. The normalized spacial score (nSPS) is 12.0. The topological polar surface area (TPSA) is 246 Å². The van der Waals surface area contributed by atoms with E-state index in [2.05, 4.69) is 36.0 Å². The molecule has 0 spiro atoms. The number of ether oxygens (including phenoxy) is 1. The molecule has 1 aliphatic heterocycles. The van der Waals surface area contributed by atoms with E-state index < -0.39 is 23.9 Å². The number of carbonyl (C=O) groups is 4. The van der Waals surface area contributed by atoms with Gasteiger partial charge in [-0.25, -0.2) is 0 Å². The second-order valence-corrected chi connectivity index (χ2v) is 11.8. The number of aromatic carboxylic acids is 4. The molecule has 20 heteroatoms. The Morgan fingerprint density at radius 2 is 0.776 bits per heavy atom. The van der Waals surface area contributed by atoms with Gasteiger partial charge in [0.05, 0.1) is 59.8 Å². The molecule has 0 atom stereocenters. The van der Waals surface area contributed by atoms with E-state index in [0.717, 1.165) is 64.8 Å². The molecule has 0 unspecified atom stereocenters. The summed E-state index contributed by atoms with van der Waals surface area (Å²) >= 11 is 0. The van der Waals surface area contributed by atoms with Crippen molar-refractivity contribution in [1.29, 1.82) is 0 Å². The summed E-state index contributed by atoms with van der Waals surface area (Å²) in [6.45, 7) is 2.58. The molecule has 5 aromatic rings. The van der Waals surface area contributed by atoms with Crippen LogP contribution in [-0.4, -0.2) is 50.2 Å². The Kier molecular flexibility index (Phi) is 20.9. The van der Waals surface area contributed by atoms with Crippen LogP contribution in [0.4, 0.5) is 51.2 Å². The van der Waals surface area contributed by atoms with Gasteiger partial charge in [0, 0.05) is 63.8 Å². The molecule has 0 aliphatic carbocycles. The van der Waals surface area contributed by atoms with Crippen LogP contribution >= 0.6 is 0 Å². The van der Waals surface area contributed by atoms with Crippen molar-refractivity contribution in [1.82, 2.24) is 0 Å². The average Bonchev–Trinajstić information content (AvgIpc) is 3.17. The largest absolute Gasteiger partial charge is 1.00 e. The molecule has 5 aromatic carbocycles. The summed E-state index contributed by atoms with van der Waals surface area (Å²) in [4.78, 5) is 47.3. The molecule has 1 saturated heterocycles. The van der Waals surface area contributed by atoms with Crippen molar-refractivity contribution >= 4 is 75.1 Å². The maximum Gasteiger partial charge on any atom is 1.00 e. The van der Waals surface area contributed by atoms with E-state index in [1.165, 1.54) is 0 Å². The van der Waals surface area contributed by atoms with Crippen molar-refractivity contribution in [2.45, 2.75) is 0 Å². The predicted molar refractivity (Wildman–Crippen MR) is 187 cm³/mol. The van der Waals surface area contributed by atoms with Gasteiger partial charge in [0.15, 0.2) is 0 Å². The molecule has 0 amide bonds. The Morgan fingerprint density at radius 1 is 0.448 bits per heavy atom. The van der Waals surface area contributed by atoms with Gasteiger partial charge in [-0.3, -0.25) is 0 Å². The Labute approximate surface area is 420 Å². The summed E-state index contributed by atoms with van der Waals surface area (Å²) < 4.78 is 5.54. The van der Waals surface area contributed by atoms with Gasteiger partial charge in [-0.15, -0.1) is 0 Å². The van der Waals surface area contributed by atoms with Crippen LogP contribution in [0.3, 0.4) is 0 Å². The minimum Gasteiger partial charge on any atom is -0.545 e. The molecule has 1 heterocycles. The van der Waals surface area contributed by atoms with Gasteiger partial charge in [0.2, 0.25) is 0 Å². The first kappa shape index (κ1) is 50.7. The zero-order valence-electron chi connectivity index (χ0n) is 32.1. The number of azo groups is 2. The van der Waals surface area contributed by atoms with Gasteiger partial charge in [0.1, 0.15) is 0 Å². The summed E-state index contributed by atoms with van der Waals surface area (Å²) in [5, 5.41) is 68.1. The van der Waals surface area contributed by atoms with Crippen molar-refractivity contribution < 1.29 is 163 Å². The molecule has 0 aromatic heterocycles. The molecule has 0 bridgehead atoms. The molecule has 0 radical (unpaired) electrons. The first-order valence-corrected chi connectivity index (χ1v) is 16.2. The van der Waals surface area contributed by atoms with E-state index in [9.17, 15) is 39.6 Å². The molecule has 272 valence electrons. The van der Waals surface area contributed by atoms with E-state index >= 15 is 0 Å². The number of hydrogen-bond acceptors (Lipinski definition) is 16. The monoisotopic (exact) mass is 817 g/mol. The van der Waals surface area contributed by atoms with Crippen LogP contribution in [-0.2, 0) is 4.74 Å². The van der Waals surface area contributed by atoms with Gasteiger partial charge in [-0.05, 0) is 103 Å². The maximum absolute atomic E-state index is 11.3. The van der Waals surface area contributed by atoms with Gasteiger partial charge in [0.25, 0.3) is 0 Å². The molecule has 1 fully saturated rings. The van der Waals surface area contributed by atoms with Crippen LogP contribution in [0.5, 0.6) is 0 Å². The fourth-order valence-electron chi connectivity index (χ4n) is 5.36. The minimum atomic E-state index is -1.56. The fraction of sp³-hybridized carbons (Fsp3) is 0.105. The van der Waals surface area contributed by atoms with Crippen LogP contribution < -0.4 is 154 Å². The van der Waals surface area contributed by atoms with Gasteiger partial charge < -0.3 is 59.9 Å². The first-order chi connectivity index (χ1) is 26.0. The summed E-state index contributed by atoms with van der Waals surface area (Å²) in [5.74, 6) is -6.23. The summed E-state index contributed by atoms with van der Waals surface area (Å²) in [7, 11) is 0. The summed E-state index contributed by atoms with van der Waals surface area (Å²) in [6, 6.07) is 26.2. The number of benzene rings is 5. The number of morpholine rings is 1. The van der Waals surface area contributed by atoms with Gasteiger partial charge in [-0.1, -0.05) is 0 Å². The minimum absolute atomic E-state index is 0. The van der Waals surface area contributed by atoms with E-state index in [0.29, 0.717) is 37.7 Å². The fourth-order valence-corrected chi connectivity index (χ4v) is 5.36. The third-order valence-electron chi connectivity index (χ3n) is 7.95. The number of carbonyl (C=O) groups excluding carboxylic acids is 4. The Morgan fingerprint density at radius 3 is 1.10 bits per heavy atom. The Bertz CT molecular complexity index is 2090. The molecule has 16 nitrogen and oxygen atoms in total. The number of hydrogen-bond donors (Lipinski definition) is 2. The number of nitrogens with zero attached hydrogens (tertiary/aromatic N) is 5. The smallest absolute Gasteiger partial charge is 0.545 e. The quantitative estimate of drug-likeness (QED) is 0.0832. The van der Waals surface area contributed by atoms with E-state index in [1.54, 1.807) is 48.5 Å². The van der Waals surface area contributed by atoms with Crippen molar-refractivity contribution in [3.05, 3.63) is 125 Å². The van der Waals surface area contributed by atoms with Crippen LogP contribution in [0.25, 0.3) is 0 Å². The van der Waals surface area contributed by atoms with Crippen molar-refractivity contribution in [2.75, 3.05) is 41.8 Å². The van der Waals surface area contributed by atoms with Crippen molar-refractivity contribution in [2.24, 2.45) is 20.5 Å². The van der Waals surface area contributed by atoms with Crippen LogP contribution in [0, 0.1) is 0 Å². The number of nitrogens with one attached hydrogen (secondary N) is 2. The number of carboxylic acids is 4. The third kappa shape index (κ3) is 14.4. The van der Waals surface area contributed by atoms with Gasteiger partial charge >= 0.3 is 118 Å². The SMILES string of the molecule is O=C([O-])c1cc(N=Nc2ccc(Nc3cc(Nc4ccc(N=Nc5cc(C(=O)[O-])cc(C(=O)[O-])c5)cc4)cc(N4CCOCC4)c3)cc2)cc(C(=O)[O-])c1.[Na+].[Na+].[Na+].[Na+]. The first-order valence-electron chi connectivity index (χ1n) is 16.2. The number of anilines is 5. The second-order valence-electron chi connectivity index (χ2n) is 11.8. The molecule has 2 N–H and O–H groups in total. The number of carboxylic acid groups (broad SMARTS) is 4. The average molecular weight is 818 g/mol. The predicted octanol–water partition coefficient (Wildman–Crippen LogP) is -8.69. The summed E-state index contributed by atoms with van der Waals surface area (Å²) in [6.07, 6.45) is 0. The van der Waals surface area contributed by atoms with Gasteiger partial charge in [-0.2, -0.15) is 20.5 Å². The molecule has 58 heavy (non-hydrogen) atoms. The Hall–Kier alpha value is -3.46.